The van der Waals surface area contributed by atoms with Gasteiger partial charge in [0.25, 0.3) is 0 Å². The number of nitrogens with zero attached hydrogens (tertiary/aromatic N) is 3. The molecule has 2 aliphatic carbocycles. The molecular formula is C31H34F7N3O3. The second kappa shape index (κ2) is 11.5. The molecule has 5 rings (SSSR count). The number of carbonyl (C=O) groups is 2. The van der Waals surface area contributed by atoms with Gasteiger partial charge in [-0.05, 0) is 91.5 Å². The number of carboxylic acid groups (broad SMARTS) is 1. The molecule has 2 saturated carbocycles. The van der Waals surface area contributed by atoms with Crippen molar-refractivity contribution in [2.24, 2.45) is 23.7 Å². The van der Waals surface area contributed by atoms with E-state index in [-0.39, 0.29) is 35.9 Å². The van der Waals surface area contributed by atoms with Gasteiger partial charge in [0, 0.05) is 33.2 Å². The molecule has 2 aromatic rings. The molecule has 0 aromatic heterocycles. The molecule has 6 atom stereocenters. The Kier molecular flexibility index (Phi) is 8.41. The quantitative estimate of drug-likeness (QED) is 0.350. The summed E-state index contributed by atoms with van der Waals surface area (Å²) in [7, 11) is 1.33. The average Bonchev–Trinajstić information content (AvgIpc) is 3.65. The predicted octanol–water partition coefficient (Wildman–Crippen LogP) is 7.00. The van der Waals surface area contributed by atoms with Crippen molar-refractivity contribution in [1.29, 1.82) is 0 Å². The lowest BCUT2D eigenvalue weighted by molar-refractivity contribution is -0.144. The lowest BCUT2D eigenvalue weighted by Crippen LogP contribution is -2.54. The first-order chi connectivity index (χ1) is 20.5. The summed E-state index contributed by atoms with van der Waals surface area (Å²) in [5, 5.41) is 9.56. The van der Waals surface area contributed by atoms with Crippen molar-refractivity contribution >= 4 is 12.0 Å². The van der Waals surface area contributed by atoms with Crippen molar-refractivity contribution in [1.82, 2.24) is 14.7 Å². The first kappa shape index (κ1) is 32.1. The van der Waals surface area contributed by atoms with Crippen LogP contribution in [0.25, 0.3) is 0 Å². The van der Waals surface area contributed by atoms with Crippen LogP contribution < -0.4 is 0 Å². The van der Waals surface area contributed by atoms with E-state index >= 15 is 0 Å². The lowest BCUT2D eigenvalue weighted by Gasteiger charge is -2.45. The average molecular weight is 630 g/mol. The summed E-state index contributed by atoms with van der Waals surface area (Å²) in [6.07, 6.45) is -8.58. The Hall–Kier alpha value is -3.35. The molecular weight excluding hydrogens is 595 g/mol. The Labute approximate surface area is 250 Å². The highest BCUT2D eigenvalue weighted by atomic mass is 19.4. The fourth-order valence-electron chi connectivity index (χ4n) is 7.07. The molecule has 1 heterocycles. The topological polar surface area (TPSA) is 64.1 Å². The van der Waals surface area contributed by atoms with Crippen LogP contribution in [0, 0.1) is 36.4 Å². The summed E-state index contributed by atoms with van der Waals surface area (Å²) >= 11 is 0. The van der Waals surface area contributed by atoms with Crippen LogP contribution in [0.15, 0.2) is 36.4 Å². The molecule has 6 nitrogen and oxygen atoms in total. The molecule has 2 amide bonds. The molecule has 1 aliphatic heterocycles. The number of hydrogen-bond donors (Lipinski definition) is 1. The molecule has 44 heavy (non-hydrogen) atoms. The van der Waals surface area contributed by atoms with E-state index in [0.29, 0.717) is 55.2 Å². The summed E-state index contributed by atoms with van der Waals surface area (Å²) in [6, 6.07) is 3.19. The van der Waals surface area contributed by atoms with Crippen molar-refractivity contribution in [2.75, 3.05) is 33.2 Å². The summed E-state index contributed by atoms with van der Waals surface area (Å²) in [6.45, 7) is 4.72. The molecule has 2 unspecified atom stereocenters. The second-order valence-electron chi connectivity index (χ2n) is 12.4. The molecule has 3 fully saturated rings. The van der Waals surface area contributed by atoms with Crippen LogP contribution >= 0.6 is 0 Å². The fourth-order valence-corrected chi connectivity index (χ4v) is 7.07. The zero-order chi connectivity index (χ0) is 32.3. The van der Waals surface area contributed by atoms with Crippen LogP contribution in [-0.2, 0) is 17.1 Å². The SMILES string of the molecule is Cc1cc(F)ccc1[C@H]1CN(C[C@H]2C[C@@H](C(=O)O)C3CC32)CCN1C(=O)N(C)[C@H](C)c1cc(C(F)(F)F)cc(C(F)(F)F)c1. The Bertz CT molecular complexity index is 1400. The van der Waals surface area contributed by atoms with Crippen LogP contribution in [0.2, 0.25) is 0 Å². The predicted molar refractivity (Wildman–Crippen MR) is 146 cm³/mol. The maximum absolute atomic E-state index is 14.0. The fraction of sp³-hybridized carbons (Fsp3) is 0.548. The maximum atomic E-state index is 14.0. The van der Waals surface area contributed by atoms with E-state index in [0.717, 1.165) is 11.3 Å². The van der Waals surface area contributed by atoms with Crippen LogP contribution in [0.5, 0.6) is 0 Å². The Balaban J connectivity index is 1.40. The standard InChI is InChI=1S/C31H34F7N3O3/c1-16-8-22(32)4-5-23(16)27-15-40(14-19-11-26(28(42)43)25-13-24(19)25)6-7-41(27)29(44)39(3)17(2)18-9-20(30(33,34)35)12-21(10-18)31(36,37)38/h4-5,8-10,12,17,19,24-27H,6-7,11,13-15H2,1-3H3,(H,42,43)/t17-,19-,24?,25?,26-,27-/m1/s1. The number of urea groups is 1. The van der Waals surface area contributed by atoms with Crippen molar-refractivity contribution < 1.29 is 45.4 Å². The van der Waals surface area contributed by atoms with Gasteiger partial charge in [0.1, 0.15) is 5.82 Å². The summed E-state index contributed by atoms with van der Waals surface area (Å²) < 4.78 is 95.1. The molecule has 240 valence electrons. The van der Waals surface area contributed by atoms with Gasteiger partial charge in [0.05, 0.1) is 29.1 Å². The Morgan fingerprint density at radius 1 is 0.977 bits per heavy atom. The van der Waals surface area contributed by atoms with Gasteiger partial charge >= 0.3 is 24.4 Å². The largest absolute Gasteiger partial charge is 0.481 e. The summed E-state index contributed by atoms with van der Waals surface area (Å²) in [4.78, 5) is 30.4. The first-order valence-corrected chi connectivity index (χ1v) is 14.5. The molecule has 2 aromatic carbocycles. The van der Waals surface area contributed by atoms with Gasteiger partial charge in [-0.3, -0.25) is 9.69 Å². The van der Waals surface area contributed by atoms with Gasteiger partial charge in [-0.15, -0.1) is 0 Å². The molecule has 3 aliphatic rings. The molecule has 1 N–H and O–H groups in total. The number of benzene rings is 2. The van der Waals surface area contributed by atoms with Crippen LogP contribution in [0.3, 0.4) is 0 Å². The third-order valence-corrected chi connectivity index (χ3v) is 9.66. The second-order valence-corrected chi connectivity index (χ2v) is 12.4. The van der Waals surface area contributed by atoms with E-state index < -0.39 is 53.4 Å². The zero-order valence-electron chi connectivity index (χ0n) is 24.4. The van der Waals surface area contributed by atoms with Gasteiger partial charge in [-0.1, -0.05) is 6.07 Å². The smallest absolute Gasteiger partial charge is 0.416 e. The third-order valence-electron chi connectivity index (χ3n) is 9.66. The van der Waals surface area contributed by atoms with Gasteiger partial charge in [0.15, 0.2) is 0 Å². The number of hydrogen-bond acceptors (Lipinski definition) is 3. The van der Waals surface area contributed by atoms with E-state index in [2.05, 4.69) is 4.90 Å². The number of fused-ring (bicyclic) bond motifs is 1. The maximum Gasteiger partial charge on any atom is 0.416 e. The van der Waals surface area contributed by atoms with Gasteiger partial charge in [-0.2, -0.15) is 26.3 Å². The Morgan fingerprint density at radius 3 is 2.16 bits per heavy atom. The van der Waals surface area contributed by atoms with Crippen molar-refractivity contribution in [3.63, 3.8) is 0 Å². The molecule has 0 spiro atoms. The summed E-state index contributed by atoms with van der Waals surface area (Å²) in [5.74, 6) is -0.854. The van der Waals surface area contributed by atoms with E-state index in [4.69, 9.17) is 0 Å². The zero-order valence-corrected chi connectivity index (χ0v) is 24.4. The number of aryl methyl sites for hydroxylation is 1. The highest BCUT2D eigenvalue weighted by molar-refractivity contribution is 5.76. The van der Waals surface area contributed by atoms with Crippen LogP contribution in [0.1, 0.15) is 59.7 Å². The van der Waals surface area contributed by atoms with Crippen LogP contribution in [-0.4, -0.2) is 65.0 Å². The minimum absolute atomic E-state index is 0.0530. The van der Waals surface area contributed by atoms with Crippen LogP contribution in [0.4, 0.5) is 35.5 Å². The van der Waals surface area contributed by atoms with Gasteiger partial charge in [0.2, 0.25) is 0 Å². The summed E-state index contributed by atoms with van der Waals surface area (Å²) in [5.41, 5.74) is -1.98. The minimum Gasteiger partial charge on any atom is -0.481 e. The van der Waals surface area contributed by atoms with E-state index in [9.17, 15) is 45.4 Å². The highest BCUT2D eigenvalue weighted by Crippen LogP contribution is 2.59. The van der Waals surface area contributed by atoms with Crippen molar-refractivity contribution in [3.05, 3.63) is 70.0 Å². The molecule has 1 saturated heterocycles. The number of halogens is 7. The molecule has 13 heteroatoms. The number of alkyl halides is 6. The lowest BCUT2D eigenvalue weighted by atomic mass is 9.94. The number of piperazine rings is 1. The van der Waals surface area contributed by atoms with E-state index in [1.54, 1.807) is 13.0 Å². The van der Waals surface area contributed by atoms with Crippen molar-refractivity contribution in [3.8, 4) is 0 Å². The number of carboxylic acids is 1. The van der Waals surface area contributed by atoms with Gasteiger partial charge in [-0.25, -0.2) is 9.18 Å². The number of aliphatic carboxylic acids is 1. The highest BCUT2D eigenvalue weighted by Gasteiger charge is 2.57. The Morgan fingerprint density at radius 2 is 1.61 bits per heavy atom. The number of amides is 2. The van der Waals surface area contributed by atoms with Gasteiger partial charge < -0.3 is 14.9 Å². The number of carbonyl (C=O) groups excluding carboxylic acids is 1. The first-order valence-electron chi connectivity index (χ1n) is 14.5. The molecule has 0 radical (unpaired) electrons. The van der Waals surface area contributed by atoms with E-state index in [1.807, 2.05) is 0 Å². The third kappa shape index (κ3) is 6.38. The normalized spacial score (nSPS) is 26.3. The minimum atomic E-state index is -5.02. The molecule has 0 bridgehead atoms. The number of rotatable bonds is 6. The van der Waals surface area contributed by atoms with E-state index in [1.165, 1.54) is 31.0 Å². The van der Waals surface area contributed by atoms with Crippen molar-refractivity contribution in [2.45, 2.75) is 51.1 Å². The monoisotopic (exact) mass is 629 g/mol.